The van der Waals surface area contributed by atoms with Crippen LogP contribution in [0.1, 0.15) is 36.0 Å². The number of aromatic carboxylic acids is 1. The van der Waals surface area contributed by atoms with Crippen LogP contribution in [0.25, 0.3) is 0 Å². The Morgan fingerprint density at radius 3 is 2.57 bits per heavy atom. The Morgan fingerprint density at radius 2 is 2.00 bits per heavy atom. The van der Waals surface area contributed by atoms with Crippen LogP contribution in [-0.2, 0) is 0 Å². The second kappa shape index (κ2) is 5.67. The number of carboxylic acids is 1. The highest BCUT2D eigenvalue weighted by Gasteiger charge is 2.36. The third-order valence-corrected chi connectivity index (χ3v) is 4.55. The van der Waals surface area contributed by atoms with Crippen LogP contribution in [0.15, 0.2) is 22.7 Å². The summed E-state index contributed by atoms with van der Waals surface area (Å²) in [6.45, 7) is 0.812. The molecular weight excluding hydrogens is 336 g/mol. The molecule has 2 amide bonds. The number of rotatable bonds is 5. The Bertz CT molecular complexity index is 582. The molecule has 0 spiro atoms. The van der Waals surface area contributed by atoms with E-state index >= 15 is 0 Å². The average Bonchev–Trinajstić information content (AvgIpc) is 3.31. The van der Waals surface area contributed by atoms with E-state index in [-0.39, 0.29) is 11.6 Å². The zero-order valence-electron chi connectivity index (χ0n) is 11.5. The van der Waals surface area contributed by atoms with Gasteiger partial charge in [-0.3, -0.25) is 0 Å². The Hall–Kier alpha value is -1.56. The molecule has 0 unspecified atom stereocenters. The number of hydrogen-bond acceptors (Lipinski definition) is 2. The zero-order valence-corrected chi connectivity index (χ0v) is 13.1. The van der Waals surface area contributed by atoms with Crippen molar-refractivity contribution in [2.45, 2.75) is 31.7 Å². The molecule has 0 aromatic heterocycles. The van der Waals surface area contributed by atoms with Crippen molar-refractivity contribution in [1.82, 2.24) is 4.90 Å². The van der Waals surface area contributed by atoms with Crippen LogP contribution in [0.2, 0.25) is 0 Å². The monoisotopic (exact) mass is 352 g/mol. The number of benzene rings is 1. The number of halogens is 1. The maximum Gasteiger partial charge on any atom is 0.335 e. The van der Waals surface area contributed by atoms with Crippen molar-refractivity contribution < 1.29 is 14.7 Å². The Balaban J connectivity index is 1.73. The van der Waals surface area contributed by atoms with E-state index < -0.39 is 5.97 Å². The molecule has 5 nitrogen and oxygen atoms in total. The van der Waals surface area contributed by atoms with E-state index in [1.54, 1.807) is 6.07 Å². The normalized spacial score (nSPS) is 17.4. The first-order chi connectivity index (χ1) is 10.0. The van der Waals surface area contributed by atoms with Crippen LogP contribution in [-0.4, -0.2) is 34.6 Å². The van der Waals surface area contributed by atoms with Gasteiger partial charge in [0.05, 0.1) is 11.3 Å². The van der Waals surface area contributed by atoms with Gasteiger partial charge < -0.3 is 15.3 Å². The molecule has 0 aliphatic heterocycles. The molecular formula is C15H17BrN2O3. The Kier molecular flexibility index (Phi) is 3.89. The van der Waals surface area contributed by atoms with Gasteiger partial charge in [0.25, 0.3) is 0 Å². The largest absolute Gasteiger partial charge is 0.478 e. The van der Waals surface area contributed by atoms with Gasteiger partial charge in [-0.25, -0.2) is 9.59 Å². The second-order valence-electron chi connectivity index (χ2n) is 5.76. The number of carbonyl (C=O) groups excluding carboxylic acids is 1. The van der Waals surface area contributed by atoms with Crippen LogP contribution in [0.3, 0.4) is 0 Å². The van der Waals surface area contributed by atoms with Crippen molar-refractivity contribution in [2.24, 2.45) is 5.92 Å². The minimum Gasteiger partial charge on any atom is -0.478 e. The molecule has 2 saturated carbocycles. The lowest BCUT2D eigenvalue weighted by Gasteiger charge is -2.23. The number of nitrogens with zero attached hydrogens (tertiary/aromatic N) is 1. The molecule has 2 aliphatic carbocycles. The number of anilines is 1. The highest BCUT2D eigenvalue weighted by atomic mass is 79.9. The number of amides is 2. The smallest absolute Gasteiger partial charge is 0.335 e. The highest BCUT2D eigenvalue weighted by Crippen LogP contribution is 2.35. The van der Waals surface area contributed by atoms with E-state index in [1.807, 2.05) is 4.90 Å². The van der Waals surface area contributed by atoms with E-state index in [0.717, 1.165) is 19.4 Å². The lowest BCUT2D eigenvalue weighted by Crippen LogP contribution is -2.38. The van der Waals surface area contributed by atoms with Crippen LogP contribution in [0, 0.1) is 5.92 Å². The number of carbonyl (C=O) groups is 2. The Morgan fingerprint density at radius 1 is 1.29 bits per heavy atom. The summed E-state index contributed by atoms with van der Waals surface area (Å²) >= 11 is 3.35. The summed E-state index contributed by atoms with van der Waals surface area (Å²) in [5, 5.41) is 11.9. The molecule has 6 heteroatoms. The van der Waals surface area contributed by atoms with Crippen LogP contribution < -0.4 is 5.32 Å². The SMILES string of the molecule is O=C(O)c1ccc(Br)c(NC(=O)N(CC2CC2)C2CC2)c1. The first kappa shape index (κ1) is 14.4. The van der Waals surface area contributed by atoms with Crippen molar-refractivity contribution in [3.05, 3.63) is 28.2 Å². The zero-order chi connectivity index (χ0) is 15.0. The molecule has 0 radical (unpaired) electrons. The predicted octanol–water partition coefficient (Wildman–Crippen LogP) is 3.55. The minimum atomic E-state index is -1.00. The van der Waals surface area contributed by atoms with Gasteiger partial charge in [0.15, 0.2) is 0 Å². The predicted molar refractivity (Wildman–Crippen MR) is 82.6 cm³/mol. The molecule has 0 bridgehead atoms. The van der Waals surface area contributed by atoms with Gasteiger partial charge in [0.2, 0.25) is 0 Å². The summed E-state index contributed by atoms with van der Waals surface area (Å²) in [5.74, 6) is -0.361. The molecule has 21 heavy (non-hydrogen) atoms. The molecule has 1 aromatic rings. The van der Waals surface area contributed by atoms with Gasteiger partial charge in [-0.15, -0.1) is 0 Å². The Labute approximate surface area is 131 Å². The molecule has 1 aromatic carbocycles. The second-order valence-corrected chi connectivity index (χ2v) is 6.61. The van der Waals surface area contributed by atoms with Crippen molar-refractivity contribution in [1.29, 1.82) is 0 Å². The van der Waals surface area contributed by atoms with Crippen LogP contribution >= 0.6 is 15.9 Å². The fraction of sp³-hybridized carbons (Fsp3) is 0.467. The molecule has 2 aliphatic rings. The van der Waals surface area contributed by atoms with Crippen molar-refractivity contribution in [2.75, 3.05) is 11.9 Å². The molecule has 112 valence electrons. The van der Waals surface area contributed by atoms with Gasteiger partial charge in [0, 0.05) is 17.1 Å². The first-order valence-electron chi connectivity index (χ1n) is 7.15. The third-order valence-electron chi connectivity index (χ3n) is 3.86. The summed E-state index contributed by atoms with van der Waals surface area (Å²) in [5.41, 5.74) is 0.662. The summed E-state index contributed by atoms with van der Waals surface area (Å²) in [6.07, 6.45) is 4.54. The van der Waals surface area contributed by atoms with E-state index in [1.165, 1.54) is 25.0 Å². The van der Waals surface area contributed by atoms with E-state index in [0.29, 0.717) is 22.1 Å². The molecule has 0 saturated heterocycles. The fourth-order valence-corrected chi connectivity index (χ4v) is 2.65. The van der Waals surface area contributed by atoms with Crippen molar-refractivity contribution in [3.63, 3.8) is 0 Å². The summed E-state index contributed by atoms with van der Waals surface area (Å²) < 4.78 is 0.683. The summed E-state index contributed by atoms with van der Waals surface area (Å²) in [7, 11) is 0. The maximum atomic E-state index is 12.4. The fourth-order valence-electron chi connectivity index (χ4n) is 2.30. The summed E-state index contributed by atoms with van der Waals surface area (Å²) in [6, 6.07) is 4.85. The highest BCUT2D eigenvalue weighted by molar-refractivity contribution is 9.10. The summed E-state index contributed by atoms with van der Waals surface area (Å²) in [4.78, 5) is 25.4. The van der Waals surface area contributed by atoms with E-state index in [9.17, 15) is 9.59 Å². The third kappa shape index (κ3) is 3.56. The van der Waals surface area contributed by atoms with Gasteiger partial charge in [-0.2, -0.15) is 0 Å². The minimum absolute atomic E-state index is 0.132. The number of urea groups is 1. The van der Waals surface area contributed by atoms with E-state index in [4.69, 9.17) is 5.11 Å². The lowest BCUT2D eigenvalue weighted by atomic mass is 10.2. The molecule has 3 rings (SSSR count). The molecule has 2 fully saturated rings. The average molecular weight is 353 g/mol. The molecule has 0 heterocycles. The van der Waals surface area contributed by atoms with Crippen molar-refractivity contribution >= 4 is 33.6 Å². The molecule has 0 atom stereocenters. The lowest BCUT2D eigenvalue weighted by molar-refractivity contribution is 0.0697. The van der Waals surface area contributed by atoms with Gasteiger partial charge in [0.1, 0.15) is 0 Å². The maximum absolute atomic E-state index is 12.4. The standard InChI is InChI=1S/C15H17BrN2O3/c16-12-6-3-10(14(19)20)7-13(12)17-15(21)18(11-4-5-11)8-9-1-2-9/h3,6-7,9,11H,1-2,4-5,8H2,(H,17,21)(H,19,20). The first-order valence-corrected chi connectivity index (χ1v) is 7.94. The van der Waals surface area contributed by atoms with Gasteiger partial charge in [-0.05, 0) is 65.7 Å². The molecule has 2 N–H and O–H groups in total. The number of carboxylic acid groups (broad SMARTS) is 1. The number of nitrogens with one attached hydrogen (secondary N) is 1. The van der Waals surface area contributed by atoms with E-state index in [2.05, 4.69) is 21.2 Å². The van der Waals surface area contributed by atoms with Gasteiger partial charge in [-0.1, -0.05) is 0 Å². The van der Waals surface area contributed by atoms with Crippen molar-refractivity contribution in [3.8, 4) is 0 Å². The topological polar surface area (TPSA) is 69.6 Å². The van der Waals surface area contributed by atoms with Crippen LogP contribution in [0.4, 0.5) is 10.5 Å². The van der Waals surface area contributed by atoms with Crippen LogP contribution in [0.5, 0.6) is 0 Å². The quantitative estimate of drug-likeness (QED) is 0.851. The number of hydrogen-bond donors (Lipinski definition) is 2. The van der Waals surface area contributed by atoms with Gasteiger partial charge >= 0.3 is 12.0 Å².